The lowest BCUT2D eigenvalue weighted by atomic mass is 9.96. The molecule has 0 saturated carbocycles. The number of carboxylic acid groups (broad SMARTS) is 1. The molecule has 1 fully saturated rings. The second kappa shape index (κ2) is 11.9. The van der Waals surface area contributed by atoms with Gasteiger partial charge >= 0.3 is 5.97 Å². The van der Waals surface area contributed by atoms with E-state index < -0.39 is 5.97 Å². The average Bonchev–Trinajstić information content (AvgIpc) is 3.63. The Morgan fingerprint density at radius 3 is 2.17 bits per heavy atom. The van der Waals surface area contributed by atoms with Crippen LogP contribution >= 0.6 is 0 Å². The van der Waals surface area contributed by atoms with Crippen LogP contribution in [0.15, 0.2) is 104 Å². The number of imidazole rings is 1. The van der Waals surface area contributed by atoms with E-state index in [0.29, 0.717) is 12.1 Å². The normalized spacial score (nSPS) is 14.7. The Hall–Kier alpha value is -4.20. The highest BCUT2D eigenvalue weighted by molar-refractivity contribution is 6.03. The number of hydrogen-bond acceptors (Lipinski definition) is 4. The van der Waals surface area contributed by atoms with Crippen LogP contribution in [0.5, 0.6) is 0 Å². The van der Waals surface area contributed by atoms with Crippen molar-refractivity contribution >= 4 is 16.9 Å². The number of nitrogens with zero attached hydrogens (tertiary/aromatic N) is 5. The molecular formula is C33H35N5O2. The first-order valence-corrected chi connectivity index (χ1v) is 14.0. The van der Waals surface area contributed by atoms with Crippen molar-refractivity contribution in [1.29, 1.82) is 0 Å². The summed E-state index contributed by atoms with van der Waals surface area (Å²) < 4.78 is 4.16. The van der Waals surface area contributed by atoms with E-state index in [1.807, 2.05) is 22.9 Å². The van der Waals surface area contributed by atoms with Gasteiger partial charge in [0.1, 0.15) is 0 Å². The van der Waals surface area contributed by atoms with Gasteiger partial charge in [0, 0.05) is 56.7 Å². The number of aryl methyl sites for hydroxylation is 1. The van der Waals surface area contributed by atoms with Crippen molar-refractivity contribution in [3.8, 4) is 0 Å². The molecule has 204 valence electrons. The number of benzene rings is 3. The van der Waals surface area contributed by atoms with Gasteiger partial charge in [0.2, 0.25) is 0 Å². The second-order valence-electron chi connectivity index (χ2n) is 10.5. The number of para-hydroxylation sites is 1. The van der Waals surface area contributed by atoms with Crippen LogP contribution in [0.25, 0.3) is 10.9 Å². The van der Waals surface area contributed by atoms with Gasteiger partial charge in [-0.15, -0.1) is 0 Å². The molecule has 5 aromatic rings. The molecule has 2 aromatic heterocycles. The zero-order chi connectivity index (χ0) is 27.3. The molecule has 0 radical (unpaired) electrons. The molecule has 1 saturated heterocycles. The first-order valence-electron chi connectivity index (χ1n) is 14.0. The summed E-state index contributed by atoms with van der Waals surface area (Å²) in [6.07, 6.45) is 8.58. The molecule has 0 spiro atoms. The predicted octanol–water partition coefficient (Wildman–Crippen LogP) is 5.38. The van der Waals surface area contributed by atoms with Crippen molar-refractivity contribution in [2.45, 2.75) is 25.6 Å². The Bertz CT molecular complexity index is 1500. The number of carboxylic acids is 1. The summed E-state index contributed by atoms with van der Waals surface area (Å²) >= 11 is 0. The lowest BCUT2D eigenvalue weighted by Gasteiger charge is -2.40. The quantitative estimate of drug-likeness (QED) is 0.261. The van der Waals surface area contributed by atoms with E-state index in [0.717, 1.165) is 62.2 Å². The average molecular weight is 534 g/mol. The molecular weight excluding hydrogens is 498 g/mol. The largest absolute Gasteiger partial charge is 0.478 e. The third-order valence-corrected chi connectivity index (χ3v) is 8.00. The molecule has 0 amide bonds. The molecule has 7 heteroatoms. The summed E-state index contributed by atoms with van der Waals surface area (Å²) in [7, 11) is 0. The maximum atomic E-state index is 12.1. The minimum atomic E-state index is -0.887. The number of aromatic carboxylic acids is 1. The van der Waals surface area contributed by atoms with Crippen molar-refractivity contribution in [1.82, 2.24) is 23.9 Å². The maximum Gasteiger partial charge on any atom is 0.337 e. The highest BCUT2D eigenvalue weighted by Crippen LogP contribution is 2.30. The fourth-order valence-electron chi connectivity index (χ4n) is 6.08. The lowest BCUT2D eigenvalue weighted by molar-refractivity contribution is 0.0698. The first kappa shape index (κ1) is 26.0. The van der Waals surface area contributed by atoms with E-state index in [1.54, 1.807) is 18.6 Å². The summed E-state index contributed by atoms with van der Waals surface area (Å²) in [5.41, 5.74) is 4.95. The van der Waals surface area contributed by atoms with Crippen LogP contribution in [0, 0.1) is 0 Å². The summed E-state index contributed by atoms with van der Waals surface area (Å²) in [4.78, 5) is 21.4. The number of piperazine rings is 1. The van der Waals surface area contributed by atoms with Gasteiger partial charge in [-0.2, -0.15) is 0 Å². The number of aromatic nitrogens is 3. The highest BCUT2D eigenvalue weighted by atomic mass is 16.4. The zero-order valence-corrected chi connectivity index (χ0v) is 22.6. The van der Waals surface area contributed by atoms with Crippen LogP contribution in [0.3, 0.4) is 0 Å². The van der Waals surface area contributed by atoms with E-state index in [2.05, 4.69) is 86.2 Å². The van der Waals surface area contributed by atoms with Crippen LogP contribution in [0.1, 0.15) is 39.5 Å². The Balaban J connectivity index is 1.12. The second-order valence-corrected chi connectivity index (χ2v) is 10.5. The number of carbonyl (C=O) groups is 1. The molecule has 7 nitrogen and oxygen atoms in total. The topological polar surface area (TPSA) is 66.5 Å². The van der Waals surface area contributed by atoms with Gasteiger partial charge in [0.05, 0.1) is 30.0 Å². The highest BCUT2D eigenvalue weighted by Gasteiger charge is 2.26. The fraction of sp³-hybridized carbons (Fsp3) is 0.273. The minimum Gasteiger partial charge on any atom is -0.478 e. The van der Waals surface area contributed by atoms with E-state index in [1.165, 1.54) is 11.1 Å². The third kappa shape index (κ3) is 5.57. The standard InChI is InChI=1S/C33H35N5O2/c39-33(40)30-14-7-13-29-28(23-36-18-15-34-25-36)24-38(32(29)30)17-8-16-35-19-21-37(22-20-35)31(26-9-3-1-4-10-26)27-11-5-2-6-12-27/h1-7,9-15,18,24-25,31H,8,16-17,19-23H2,(H,39,40). The molecule has 0 aliphatic carbocycles. The van der Waals surface area contributed by atoms with Gasteiger partial charge in [0.25, 0.3) is 0 Å². The maximum absolute atomic E-state index is 12.1. The van der Waals surface area contributed by atoms with Gasteiger partial charge in [-0.25, -0.2) is 9.78 Å². The van der Waals surface area contributed by atoms with E-state index in [4.69, 9.17) is 0 Å². The van der Waals surface area contributed by atoms with E-state index >= 15 is 0 Å². The number of hydrogen-bond donors (Lipinski definition) is 1. The van der Waals surface area contributed by atoms with Gasteiger partial charge in [-0.1, -0.05) is 72.8 Å². The molecule has 3 aromatic carbocycles. The molecule has 1 N–H and O–H groups in total. The van der Waals surface area contributed by atoms with Gasteiger partial charge in [0.15, 0.2) is 0 Å². The fourth-order valence-corrected chi connectivity index (χ4v) is 6.08. The molecule has 1 aliphatic rings. The van der Waals surface area contributed by atoms with Crippen molar-refractivity contribution in [2.75, 3.05) is 32.7 Å². The van der Waals surface area contributed by atoms with Gasteiger partial charge < -0.3 is 19.1 Å². The Kier molecular flexibility index (Phi) is 7.75. The predicted molar refractivity (Wildman–Crippen MR) is 158 cm³/mol. The van der Waals surface area contributed by atoms with Crippen LogP contribution < -0.4 is 0 Å². The summed E-state index contributed by atoms with van der Waals surface area (Å²) in [5.74, 6) is -0.887. The Morgan fingerprint density at radius 2 is 1.55 bits per heavy atom. The summed E-state index contributed by atoms with van der Waals surface area (Å²) in [5, 5.41) is 10.9. The van der Waals surface area contributed by atoms with Crippen molar-refractivity contribution in [3.05, 3.63) is 126 Å². The molecule has 0 atom stereocenters. The van der Waals surface area contributed by atoms with Crippen molar-refractivity contribution in [3.63, 3.8) is 0 Å². The number of fused-ring (bicyclic) bond motifs is 1. The van der Waals surface area contributed by atoms with Gasteiger partial charge in [-0.05, 0) is 35.7 Å². The molecule has 0 bridgehead atoms. The van der Waals surface area contributed by atoms with Crippen molar-refractivity contribution in [2.24, 2.45) is 0 Å². The SMILES string of the molecule is O=C(O)c1cccc2c(Cn3ccnc3)cn(CCCN3CCN(C(c4ccccc4)c4ccccc4)CC3)c12. The smallest absolute Gasteiger partial charge is 0.337 e. The first-order chi connectivity index (χ1) is 19.7. The van der Waals surface area contributed by atoms with E-state index in [-0.39, 0.29) is 6.04 Å². The van der Waals surface area contributed by atoms with Crippen LogP contribution in [0.4, 0.5) is 0 Å². The van der Waals surface area contributed by atoms with E-state index in [9.17, 15) is 9.90 Å². The lowest BCUT2D eigenvalue weighted by Crippen LogP contribution is -2.48. The minimum absolute atomic E-state index is 0.263. The molecule has 6 rings (SSSR count). The van der Waals surface area contributed by atoms with Crippen LogP contribution in [-0.4, -0.2) is 67.7 Å². The zero-order valence-electron chi connectivity index (χ0n) is 22.6. The Labute approximate surface area is 234 Å². The molecule has 3 heterocycles. The molecule has 1 aliphatic heterocycles. The van der Waals surface area contributed by atoms with Gasteiger partial charge in [-0.3, -0.25) is 4.90 Å². The summed E-state index contributed by atoms with van der Waals surface area (Å²) in [6, 6.07) is 27.4. The van der Waals surface area contributed by atoms with Crippen molar-refractivity contribution < 1.29 is 9.90 Å². The monoisotopic (exact) mass is 533 g/mol. The Morgan fingerprint density at radius 1 is 0.850 bits per heavy atom. The molecule has 0 unspecified atom stereocenters. The van der Waals surface area contributed by atoms with Crippen LogP contribution in [0.2, 0.25) is 0 Å². The van der Waals surface area contributed by atoms with Crippen LogP contribution in [-0.2, 0) is 13.1 Å². The summed E-state index contributed by atoms with van der Waals surface area (Å²) in [6.45, 7) is 6.50. The third-order valence-electron chi connectivity index (χ3n) is 8.00. The molecule has 40 heavy (non-hydrogen) atoms. The number of rotatable bonds is 10.